The number of piperidine rings is 1. The molecule has 0 bridgehead atoms. The Bertz CT molecular complexity index is 605. The molecule has 2 N–H and O–H groups in total. The zero-order valence-electron chi connectivity index (χ0n) is 12.7. The third-order valence-electron chi connectivity index (χ3n) is 3.89. The van der Waals surface area contributed by atoms with Crippen molar-refractivity contribution >= 4 is 15.9 Å². The van der Waals surface area contributed by atoms with Gasteiger partial charge in [-0.1, -0.05) is 17.7 Å². The van der Waals surface area contributed by atoms with Crippen LogP contribution in [-0.2, 0) is 14.8 Å². The van der Waals surface area contributed by atoms with Gasteiger partial charge >= 0.3 is 0 Å². The highest BCUT2D eigenvalue weighted by atomic mass is 32.2. The van der Waals surface area contributed by atoms with E-state index in [2.05, 4.69) is 5.32 Å². The predicted molar refractivity (Wildman–Crippen MR) is 82.8 cm³/mol. The number of carbonyl (C=O) groups excluding carboxylic acids is 1. The maximum Gasteiger partial charge on any atom is 0.243 e. The number of sulfonamides is 1. The summed E-state index contributed by atoms with van der Waals surface area (Å²) in [6.45, 7) is 2.74. The SMILES string of the molecule is Cc1ccc(S(=O)(=O)N2CCC(C(=O)NCCO)CC2)cc1. The Labute approximate surface area is 131 Å². The number of aryl methyl sites for hydroxylation is 1. The first-order valence-corrected chi connectivity index (χ1v) is 8.84. The lowest BCUT2D eigenvalue weighted by atomic mass is 9.97. The van der Waals surface area contributed by atoms with Crippen molar-refractivity contribution in [2.45, 2.75) is 24.7 Å². The van der Waals surface area contributed by atoms with E-state index in [4.69, 9.17) is 5.11 Å². The zero-order chi connectivity index (χ0) is 16.2. The van der Waals surface area contributed by atoms with Gasteiger partial charge in [0.15, 0.2) is 0 Å². The molecular formula is C15H22N2O4S. The maximum atomic E-state index is 12.5. The quantitative estimate of drug-likeness (QED) is 0.825. The molecule has 0 aliphatic carbocycles. The molecule has 0 aromatic heterocycles. The smallest absolute Gasteiger partial charge is 0.243 e. The monoisotopic (exact) mass is 326 g/mol. The van der Waals surface area contributed by atoms with Gasteiger partial charge in [-0.2, -0.15) is 4.31 Å². The van der Waals surface area contributed by atoms with Gasteiger partial charge in [0.1, 0.15) is 0 Å². The van der Waals surface area contributed by atoms with E-state index in [-0.39, 0.29) is 25.0 Å². The van der Waals surface area contributed by atoms with Gasteiger partial charge in [0, 0.05) is 25.6 Å². The number of aliphatic hydroxyl groups is 1. The molecule has 0 atom stereocenters. The van der Waals surface area contributed by atoms with Crippen molar-refractivity contribution in [1.29, 1.82) is 0 Å². The Morgan fingerprint density at radius 1 is 1.27 bits per heavy atom. The van der Waals surface area contributed by atoms with Gasteiger partial charge in [0.25, 0.3) is 0 Å². The lowest BCUT2D eigenvalue weighted by Crippen LogP contribution is -2.43. The molecule has 22 heavy (non-hydrogen) atoms. The van der Waals surface area contributed by atoms with Crippen LogP contribution in [0.2, 0.25) is 0 Å². The van der Waals surface area contributed by atoms with Gasteiger partial charge in [-0.25, -0.2) is 8.42 Å². The molecular weight excluding hydrogens is 304 g/mol. The van der Waals surface area contributed by atoms with Crippen LogP contribution >= 0.6 is 0 Å². The first kappa shape index (κ1) is 16.9. The number of rotatable bonds is 5. The number of hydrogen-bond acceptors (Lipinski definition) is 4. The van der Waals surface area contributed by atoms with E-state index in [1.807, 2.05) is 6.92 Å². The lowest BCUT2D eigenvalue weighted by molar-refractivity contribution is -0.126. The molecule has 0 radical (unpaired) electrons. The van der Waals surface area contributed by atoms with Crippen LogP contribution in [0.3, 0.4) is 0 Å². The van der Waals surface area contributed by atoms with Gasteiger partial charge in [-0.3, -0.25) is 4.79 Å². The van der Waals surface area contributed by atoms with Crippen LogP contribution in [0, 0.1) is 12.8 Å². The fourth-order valence-corrected chi connectivity index (χ4v) is 4.01. The Morgan fingerprint density at radius 3 is 2.41 bits per heavy atom. The number of nitrogens with one attached hydrogen (secondary N) is 1. The number of hydrogen-bond donors (Lipinski definition) is 2. The average Bonchev–Trinajstić information content (AvgIpc) is 2.53. The molecule has 0 unspecified atom stereocenters. The molecule has 1 heterocycles. The van der Waals surface area contributed by atoms with Crippen LogP contribution in [0.25, 0.3) is 0 Å². The fraction of sp³-hybridized carbons (Fsp3) is 0.533. The van der Waals surface area contributed by atoms with Crippen molar-refractivity contribution in [3.63, 3.8) is 0 Å². The molecule has 7 heteroatoms. The highest BCUT2D eigenvalue weighted by Crippen LogP contribution is 2.24. The van der Waals surface area contributed by atoms with Gasteiger partial charge in [0.2, 0.25) is 15.9 Å². The molecule has 122 valence electrons. The van der Waals surface area contributed by atoms with Crippen molar-refractivity contribution in [1.82, 2.24) is 9.62 Å². The first-order valence-electron chi connectivity index (χ1n) is 7.40. The van der Waals surface area contributed by atoms with Gasteiger partial charge in [0.05, 0.1) is 11.5 Å². The number of nitrogens with zero attached hydrogens (tertiary/aromatic N) is 1. The minimum Gasteiger partial charge on any atom is -0.395 e. The molecule has 2 rings (SSSR count). The minimum absolute atomic E-state index is 0.0909. The summed E-state index contributed by atoms with van der Waals surface area (Å²) in [5.41, 5.74) is 1.01. The largest absolute Gasteiger partial charge is 0.395 e. The Morgan fingerprint density at radius 2 is 1.86 bits per heavy atom. The average molecular weight is 326 g/mol. The lowest BCUT2D eigenvalue weighted by Gasteiger charge is -2.30. The van der Waals surface area contributed by atoms with Gasteiger partial charge < -0.3 is 10.4 Å². The fourth-order valence-electron chi connectivity index (χ4n) is 2.54. The van der Waals surface area contributed by atoms with Crippen molar-refractivity contribution in [3.05, 3.63) is 29.8 Å². The maximum absolute atomic E-state index is 12.5. The van der Waals surface area contributed by atoms with Crippen molar-refractivity contribution in [2.75, 3.05) is 26.2 Å². The summed E-state index contributed by atoms with van der Waals surface area (Å²) < 4.78 is 26.5. The van der Waals surface area contributed by atoms with E-state index >= 15 is 0 Å². The molecule has 1 saturated heterocycles. The minimum atomic E-state index is -3.48. The first-order chi connectivity index (χ1) is 10.4. The second kappa shape index (κ2) is 7.21. The topological polar surface area (TPSA) is 86.7 Å². The van der Waals surface area contributed by atoms with Crippen LogP contribution in [0.4, 0.5) is 0 Å². The second-order valence-corrected chi connectivity index (χ2v) is 7.44. The van der Waals surface area contributed by atoms with Crippen LogP contribution in [0.5, 0.6) is 0 Å². The summed E-state index contributed by atoms with van der Waals surface area (Å²) in [7, 11) is -3.48. The molecule has 1 fully saturated rings. The van der Waals surface area contributed by atoms with E-state index in [0.717, 1.165) is 5.56 Å². The standard InChI is InChI=1S/C15H22N2O4S/c1-12-2-4-14(5-3-12)22(20,21)17-9-6-13(7-10-17)15(19)16-8-11-18/h2-5,13,18H,6-11H2,1H3,(H,16,19). The Balaban J connectivity index is 1.98. The molecule has 1 aliphatic heterocycles. The van der Waals surface area contributed by atoms with E-state index in [0.29, 0.717) is 30.8 Å². The highest BCUT2D eigenvalue weighted by molar-refractivity contribution is 7.89. The summed E-state index contributed by atoms with van der Waals surface area (Å²) in [4.78, 5) is 12.1. The van der Waals surface area contributed by atoms with Crippen LogP contribution < -0.4 is 5.32 Å². The van der Waals surface area contributed by atoms with E-state index in [9.17, 15) is 13.2 Å². The van der Waals surface area contributed by atoms with Crippen LogP contribution in [0.1, 0.15) is 18.4 Å². The van der Waals surface area contributed by atoms with Crippen molar-refractivity contribution in [3.8, 4) is 0 Å². The normalized spacial score (nSPS) is 17.4. The Hall–Kier alpha value is -1.44. The molecule has 1 amide bonds. The van der Waals surface area contributed by atoms with E-state index in [1.165, 1.54) is 4.31 Å². The molecule has 1 aromatic rings. The molecule has 0 saturated carbocycles. The summed E-state index contributed by atoms with van der Waals surface area (Å²) in [5.74, 6) is -0.294. The molecule has 1 aromatic carbocycles. The van der Waals surface area contributed by atoms with Gasteiger partial charge in [-0.05, 0) is 31.9 Å². The third kappa shape index (κ3) is 3.85. The highest BCUT2D eigenvalue weighted by Gasteiger charge is 2.31. The van der Waals surface area contributed by atoms with E-state index in [1.54, 1.807) is 24.3 Å². The van der Waals surface area contributed by atoms with Gasteiger partial charge in [-0.15, -0.1) is 0 Å². The third-order valence-corrected chi connectivity index (χ3v) is 5.81. The summed E-state index contributed by atoms with van der Waals surface area (Å²) >= 11 is 0. The number of aliphatic hydroxyl groups excluding tert-OH is 1. The predicted octanol–water partition coefficient (Wildman–Crippen LogP) is 0.504. The number of carbonyl (C=O) groups is 1. The van der Waals surface area contributed by atoms with E-state index < -0.39 is 10.0 Å². The zero-order valence-corrected chi connectivity index (χ0v) is 13.5. The molecule has 0 spiro atoms. The molecule has 6 nitrogen and oxygen atoms in total. The summed E-state index contributed by atoms with van der Waals surface area (Å²) in [6, 6.07) is 6.79. The van der Waals surface area contributed by atoms with Crippen LogP contribution in [-0.4, -0.2) is 50.0 Å². The number of benzene rings is 1. The second-order valence-electron chi connectivity index (χ2n) is 5.51. The Kier molecular flexibility index (Phi) is 5.55. The summed E-state index contributed by atoms with van der Waals surface area (Å²) in [6.07, 6.45) is 1.00. The summed E-state index contributed by atoms with van der Waals surface area (Å²) in [5, 5.41) is 11.3. The van der Waals surface area contributed by atoms with Crippen LogP contribution in [0.15, 0.2) is 29.2 Å². The van der Waals surface area contributed by atoms with Crippen molar-refractivity contribution < 1.29 is 18.3 Å². The number of amides is 1. The van der Waals surface area contributed by atoms with Crippen molar-refractivity contribution in [2.24, 2.45) is 5.92 Å². The molecule has 1 aliphatic rings.